The first kappa shape index (κ1) is 18.5. The third-order valence-electron chi connectivity index (χ3n) is 3.39. The van der Waals surface area contributed by atoms with Crippen LogP contribution >= 0.6 is 11.6 Å². The van der Waals surface area contributed by atoms with Gasteiger partial charge in [0.25, 0.3) is 0 Å². The summed E-state index contributed by atoms with van der Waals surface area (Å²) in [7, 11) is 1.52. The Labute approximate surface area is 146 Å². The summed E-state index contributed by atoms with van der Waals surface area (Å²) in [5.74, 6) is 0.529. The van der Waals surface area contributed by atoms with Gasteiger partial charge in [-0.05, 0) is 30.7 Å². The average molecular weight is 354 g/mol. The van der Waals surface area contributed by atoms with Crippen molar-refractivity contribution in [1.82, 2.24) is 5.32 Å². The van der Waals surface area contributed by atoms with E-state index in [2.05, 4.69) is 5.32 Å². The van der Waals surface area contributed by atoms with Crippen LogP contribution in [-0.2, 0) is 13.2 Å². The molecule has 1 atom stereocenters. The van der Waals surface area contributed by atoms with Gasteiger partial charge in [0.15, 0.2) is 11.5 Å². The van der Waals surface area contributed by atoms with Gasteiger partial charge in [0, 0.05) is 18.7 Å². The van der Waals surface area contributed by atoms with Crippen molar-refractivity contribution in [3.05, 3.63) is 58.4 Å². The molecule has 0 fully saturated rings. The lowest BCUT2D eigenvalue weighted by molar-refractivity contribution is 0.191. The summed E-state index contributed by atoms with van der Waals surface area (Å²) in [5.41, 5.74) is 1.34. The van der Waals surface area contributed by atoms with Crippen LogP contribution in [0.25, 0.3) is 0 Å². The standard InChI is InChI=1S/C18H21ClFNO3/c1-12(22)9-21-10-13-7-15(19)18(17(8-13)23-2)24-11-14-5-3-4-6-16(14)20/h3-8,12,21-22H,9-11H2,1-2H3/t12-/m1/s1. The number of ether oxygens (including phenoxy) is 2. The molecule has 0 aliphatic carbocycles. The van der Waals surface area contributed by atoms with Crippen LogP contribution in [0.5, 0.6) is 11.5 Å². The lowest BCUT2D eigenvalue weighted by atomic mass is 10.2. The first-order chi connectivity index (χ1) is 11.5. The van der Waals surface area contributed by atoms with Crippen molar-refractivity contribution in [3.8, 4) is 11.5 Å². The monoisotopic (exact) mass is 353 g/mol. The molecular weight excluding hydrogens is 333 g/mol. The number of aliphatic hydroxyl groups is 1. The van der Waals surface area contributed by atoms with E-state index < -0.39 is 6.10 Å². The number of rotatable bonds is 8. The Balaban J connectivity index is 2.10. The van der Waals surface area contributed by atoms with Crippen LogP contribution < -0.4 is 14.8 Å². The van der Waals surface area contributed by atoms with Gasteiger partial charge in [0.05, 0.1) is 18.2 Å². The Morgan fingerprint density at radius 3 is 2.71 bits per heavy atom. The molecule has 0 radical (unpaired) electrons. The van der Waals surface area contributed by atoms with Crippen molar-refractivity contribution in [2.24, 2.45) is 0 Å². The van der Waals surface area contributed by atoms with Gasteiger partial charge < -0.3 is 19.9 Å². The molecule has 0 bridgehead atoms. The molecule has 2 aromatic rings. The summed E-state index contributed by atoms with van der Waals surface area (Å²) in [5, 5.41) is 12.8. The smallest absolute Gasteiger partial charge is 0.180 e. The maximum absolute atomic E-state index is 13.7. The SMILES string of the molecule is COc1cc(CNC[C@@H](C)O)cc(Cl)c1OCc1ccccc1F. The molecule has 24 heavy (non-hydrogen) atoms. The Bertz CT molecular complexity index is 679. The second kappa shape index (κ2) is 8.87. The first-order valence-corrected chi connectivity index (χ1v) is 8.00. The minimum Gasteiger partial charge on any atom is -0.493 e. The van der Waals surface area contributed by atoms with E-state index in [-0.39, 0.29) is 12.4 Å². The van der Waals surface area contributed by atoms with Gasteiger partial charge in [-0.2, -0.15) is 0 Å². The van der Waals surface area contributed by atoms with Gasteiger partial charge in [-0.1, -0.05) is 29.8 Å². The van der Waals surface area contributed by atoms with Crippen LogP contribution in [0.3, 0.4) is 0 Å². The second-order valence-corrected chi connectivity index (χ2v) is 5.88. The highest BCUT2D eigenvalue weighted by molar-refractivity contribution is 6.32. The normalized spacial score (nSPS) is 12.0. The summed E-state index contributed by atoms with van der Waals surface area (Å²) >= 11 is 6.28. The zero-order valence-electron chi connectivity index (χ0n) is 13.7. The van der Waals surface area contributed by atoms with E-state index in [1.807, 2.05) is 0 Å². The fourth-order valence-electron chi connectivity index (χ4n) is 2.21. The Kier molecular flexibility index (Phi) is 6.85. The topological polar surface area (TPSA) is 50.7 Å². The van der Waals surface area contributed by atoms with Crippen LogP contribution in [0.4, 0.5) is 4.39 Å². The predicted molar refractivity (Wildman–Crippen MR) is 92.1 cm³/mol. The van der Waals surface area contributed by atoms with E-state index in [0.717, 1.165) is 5.56 Å². The van der Waals surface area contributed by atoms with Gasteiger partial charge >= 0.3 is 0 Å². The maximum atomic E-state index is 13.7. The van der Waals surface area contributed by atoms with Crippen molar-refractivity contribution in [2.75, 3.05) is 13.7 Å². The van der Waals surface area contributed by atoms with Gasteiger partial charge in [0.1, 0.15) is 12.4 Å². The highest BCUT2D eigenvalue weighted by Gasteiger charge is 2.13. The average Bonchev–Trinajstić information content (AvgIpc) is 2.54. The molecule has 0 spiro atoms. The van der Waals surface area contributed by atoms with E-state index in [0.29, 0.717) is 35.2 Å². The van der Waals surface area contributed by atoms with E-state index in [1.165, 1.54) is 13.2 Å². The van der Waals surface area contributed by atoms with E-state index in [4.69, 9.17) is 21.1 Å². The van der Waals surface area contributed by atoms with E-state index in [9.17, 15) is 9.50 Å². The molecule has 4 nitrogen and oxygen atoms in total. The molecule has 2 aromatic carbocycles. The number of halogens is 2. The number of nitrogens with one attached hydrogen (secondary N) is 1. The molecule has 0 amide bonds. The van der Waals surface area contributed by atoms with E-state index in [1.54, 1.807) is 37.3 Å². The van der Waals surface area contributed by atoms with Crippen molar-refractivity contribution in [1.29, 1.82) is 0 Å². The molecule has 6 heteroatoms. The third kappa shape index (κ3) is 5.09. The summed E-state index contributed by atoms with van der Waals surface area (Å²) < 4.78 is 24.7. The highest BCUT2D eigenvalue weighted by Crippen LogP contribution is 2.37. The van der Waals surface area contributed by atoms with Gasteiger partial charge in [0.2, 0.25) is 0 Å². The van der Waals surface area contributed by atoms with Gasteiger partial charge in [-0.15, -0.1) is 0 Å². The molecule has 0 saturated heterocycles. The number of aliphatic hydroxyl groups excluding tert-OH is 1. The van der Waals surface area contributed by atoms with Crippen LogP contribution in [-0.4, -0.2) is 24.9 Å². The van der Waals surface area contributed by atoms with Crippen molar-refractivity contribution in [2.45, 2.75) is 26.2 Å². The number of benzene rings is 2. The molecule has 0 aromatic heterocycles. The minimum atomic E-state index is -0.425. The summed E-state index contributed by atoms with van der Waals surface area (Å²) in [6.45, 7) is 2.78. The molecule has 0 aliphatic heterocycles. The zero-order chi connectivity index (χ0) is 17.5. The third-order valence-corrected chi connectivity index (χ3v) is 3.67. The fraction of sp³-hybridized carbons (Fsp3) is 0.333. The predicted octanol–water partition coefficient (Wildman–Crippen LogP) is 3.54. The zero-order valence-corrected chi connectivity index (χ0v) is 14.4. The Hall–Kier alpha value is -1.82. The van der Waals surface area contributed by atoms with Gasteiger partial charge in [-0.25, -0.2) is 4.39 Å². The largest absolute Gasteiger partial charge is 0.493 e. The van der Waals surface area contributed by atoms with Gasteiger partial charge in [-0.3, -0.25) is 0 Å². The van der Waals surface area contributed by atoms with Crippen LogP contribution in [0, 0.1) is 5.82 Å². The summed E-state index contributed by atoms with van der Waals surface area (Å²) in [6, 6.07) is 9.98. The first-order valence-electron chi connectivity index (χ1n) is 7.62. The quantitative estimate of drug-likeness (QED) is 0.762. The maximum Gasteiger partial charge on any atom is 0.180 e. The van der Waals surface area contributed by atoms with Crippen molar-refractivity contribution >= 4 is 11.6 Å². The molecule has 2 rings (SSSR count). The number of hydrogen-bond donors (Lipinski definition) is 2. The molecule has 0 aliphatic rings. The molecule has 0 saturated carbocycles. The highest BCUT2D eigenvalue weighted by atomic mass is 35.5. The lowest BCUT2D eigenvalue weighted by Crippen LogP contribution is -2.23. The van der Waals surface area contributed by atoms with Crippen molar-refractivity contribution in [3.63, 3.8) is 0 Å². The van der Waals surface area contributed by atoms with E-state index >= 15 is 0 Å². The van der Waals surface area contributed by atoms with Crippen LogP contribution in [0.15, 0.2) is 36.4 Å². The molecule has 0 unspecified atom stereocenters. The lowest BCUT2D eigenvalue weighted by Gasteiger charge is -2.15. The fourth-order valence-corrected chi connectivity index (χ4v) is 2.49. The second-order valence-electron chi connectivity index (χ2n) is 5.47. The molecule has 130 valence electrons. The minimum absolute atomic E-state index is 0.0579. The molecular formula is C18H21ClFNO3. The number of methoxy groups -OCH3 is 1. The molecule has 0 heterocycles. The summed E-state index contributed by atoms with van der Waals surface area (Å²) in [6.07, 6.45) is -0.425. The van der Waals surface area contributed by atoms with Crippen LogP contribution in [0.2, 0.25) is 5.02 Å². The van der Waals surface area contributed by atoms with Crippen molar-refractivity contribution < 1.29 is 19.0 Å². The van der Waals surface area contributed by atoms with Crippen LogP contribution in [0.1, 0.15) is 18.1 Å². The Morgan fingerprint density at radius 2 is 2.04 bits per heavy atom. The number of hydrogen-bond acceptors (Lipinski definition) is 4. The Morgan fingerprint density at radius 1 is 1.29 bits per heavy atom. The molecule has 2 N–H and O–H groups in total. The summed E-state index contributed by atoms with van der Waals surface area (Å²) in [4.78, 5) is 0.